The van der Waals surface area contributed by atoms with Gasteiger partial charge in [0.2, 0.25) is 0 Å². The third-order valence-corrected chi connectivity index (χ3v) is 1.91. The fraction of sp³-hybridized carbons (Fsp3) is 0.556. The van der Waals surface area contributed by atoms with Crippen LogP contribution in [0.5, 0.6) is 0 Å². The van der Waals surface area contributed by atoms with Crippen LogP contribution >= 0.6 is 0 Å². The monoisotopic (exact) mass is 207 g/mol. The lowest BCUT2D eigenvalue weighted by molar-refractivity contribution is -0.152. The van der Waals surface area contributed by atoms with Crippen LogP contribution in [-0.4, -0.2) is 19.8 Å². The van der Waals surface area contributed by atoms with Gasteiger partial charge in [-0.05, 0) is 26.1 Å². The van der Waals surface area contributed by atoms with Gasteiger partial charge in [0.05, 0.1) is 0 Å². The number of aryl methyl sites for hydroxylation is 1. The van der Waals surface area contributed by atoms with Gasteiger partial charge >= 0.3 is 6.18 Å². The molecule has 80 valence electrons. The van der Waals surface area contributed by atoms with Crippen molar-refractivity contribution in [3.05, 3.63) is 23.7 Å². The fourth-order valence-corrected chi connectivity index (χ4v) is 1.22. The minimum Gasteiger partial charge on any atom is -0.466 e. The molecule has 1 heterocycles. The van der Waals surface area contributed by atoms with Crippen LogP contribution in [0, 0.1) is 6.92 Å². The van der Waals surface area contributed by atoms with E-state index < -0.39 is 12.1 Å². The Bertz CT molecular complexity index is 292. The Labute approximate surface area is 80.1 Å². The third-order valence-electron chi connectivity index (χ3n) is 1.91. The maximum atomic E-state index is 12.5. The summed E-state index contributed by atoms with van der Waals surface area (Å²) in [6, 6.07) is 2.90. The van der Waals surface area contributed by atoms with E-state index in [1.165, 1.54) is 19.2 Å². The van der Waals surface area contributed by atoms with E-state index in [0.29, 0.717) is 5.76 Å². The van der Waals surface area contributed by atoms with Crippen molar-refractivity contribution in [2.75, 3.05) is 13.6 Å². The van der Waals surface area contributed by atoms with Crippen molar-refractivity contribution in [3.8, 4) is 0 Å². The van der Waals surface area contributed by atoms with Crippen LogP contribution in [0.15, 0.2) is 16.5 Å². The second kappa shape index (κ2) is 4.04. The summed E-state index contributed by atoms with van der Waals surface area (Å²) in [4.78, 5) is 0. The van der Waals surface area contributed by atoms with Gasteiger partial charge in [-0.3, -0.25) is 0 Å². The van der Waals surface area contributed by atoms with Gasteiger partial charge in [0.15, 0.2) is 0 Å². The molecule has 0 radical (unpaired) electrons. The smallest absolute Gasteiger partial charge is 0.399 e. The molecule has 0 amide bonds. The fourth-order valence-electron chi connectivity index (χ4n) is 1.22. The number of likely N-dealkylation sites (N-methyl/N-ethyl adjacent to an activating group) is 1. The van der Waals surface area contributed by atoms with Crippen LogP contribution in [0.3, 0.4) is 0 Å². The summed E-state index contributed by atoms with van der Waals surface area (Å²) in [5.74, 6) is -1.11. The van der Waals surface area contributed by atoms with E-state index >= 15 is 0 Å². The van der Waals surface area contributed by atoms with E-state index in [4.69, 9.17) is 4.42 Å². The molecule has 14 heavy (non-hydrogen) atoms. The van der Waals surface area contributed by atoms with Crippen LogP contribution in [0.25, 0.3) is 0 Å². The molecule has 1 rings (SSSR count). The normalized spacial score (nSPS) is 14.4. The van der Waals surface area contributed by atoms with E-state index in [1.807, 2.05) is 0 Å². The highest BCUT2D eigenvalue weighted by molar-refractivity contribution is 5.12. The second-order valence-electron chi connectivity index (χ2n) is 3.10. The molecule has 1 N–H and O–H groups in total. The van der Waals surface area contributed by atoms with Gasteiger partial charge in [-0.15, -0.1) is 0 Å². The summed E-state index contributed by atoms with van der Waals surface area (Å²) in [6.07, 6.45) is -4.27. The molecule has 0 aliphatic heterocycles. The zero-order valence-corrected chi connectivity index (χ0v) is 7.98. The number of hydrogen-bond donors (Lipinski definition) is 1. The van der Waals surface area contributed by atoms with E-state index in [0.717, 1.165) is 0 Å². The lowest BCUT2D eigenvalue weighted by Crippen LogP contribution is -2.29. The average Bonchev–Trinajstić information content (AvgIpc) is 2.45. The number of hydrogen-bond acceptors (Lipinski definition) is 2. The Kier molecular flexibility index (Phi) is 3.21. The van der Waals surface area contributed by atoms with Crippen molar-refractivity contribution in [3.63, 3.8) is 0 Å². The minimum atomic E-state index is -4.27. The molecule has 2 nitrogen and oxygen atoms in total. The summed E-state index contributed by atoms with van der Waals surface area (Å²) in [5.41, 5.74) is 0. The second-order valence-corrected chi connectivity index (χ2v) is 3.10. The first kappa shape index (κ1) is 11.1. The largest absolute Gasteiger partial charge is 0.466 e. The van der Waals surface area contributed by atoms with Crippen LogP contribution in [-0.2, 0) is 0 Å². The predicted octanol–water partition coefficient (Wildman–Crippen LogP) is 2.45. The molecule has 5 heteroatoms. The minimum absolute atomic E-state index is 0.0376. The zero-order valence-electron chi connectivity index (χ0n) is 7.98. The molecular formula is C9H12F3NO. The van der Waals surface area contributed by atoms with Crippen molar-refractivity contribution < 1.29 is 17.6 Å². The van der Waals surface area contributed by atoms with E-state index in [-0.39, 0.29) is 12.3 Å². The standard InChI is InChI=1S/C9H12F3NO/c1-6-3-4-8(14-6)7(5-13-2)9(10,11)12/h3-4,7,13H,5H2,1-2H3. The lowest BCUT2D eigenvalue weighted by Gasteiger charge is -2.17. The van der Waals surface area contributed by atoms with Gasteiger partial charge < -0.3 is 9.73 Å². The van der Waals surface area contributed by atoms with E-state index in [2.05, 4.69) is 5.32 Å². The first-order chi connectivity index (χ1) is 6.45. The number of rotatable bonds is 3. The maximum absolute atomic E-state index is 12.5. The highest BCUT2D eigenvalue weighted by Gasteiger charge is 2.42. The third kappa shape index (κ3) is 2.51. The molecule has 1 aromatic rings. The molecule has 1 atom stereocenters. The molecule has 0 aliphatic carbocycles. The lowest BCUT2D eigenvalue weighted by atomic mass is 10.1. The van der Waals surface area contributed by atoms with Crippen molar-refractivity contribution in [1.82, 2.24) is 5.32 Å². The molecule has 0 bridgehead atoms. The predicted molar refractivity (Wildman–Crippen MR) is 46.2 cm³/mol. The van der Waals surface area contributed by atoms with Crippen LogP contribution in [0.4, 0.5) is 13.2 Å². The van der Waals surface area contributed by atoms with Crippen molar-refractivity contribution in [2.45, 2.75) is 19.0 Å². The summed E-state index contributed by atoms with van der Waals surface area (Å²) in [5, 5.41) is 2.50. The molecule has 1 aromatic heterocycles. The molecule has 0 saturated carbocycles. The Hall–Kier alpha value is -0.970. The molecule has 1 unspecified atom stereocenters. The Balaban J connectivity index is 2.88. The summed E-state index contributed by atoms with van der Waals surface area (Å²) in [7, 11) is 1.48. The topological polar surface area (TPSA) is 25.2 Å². The van der Waals surface area contributed by atoms with Crippen molar-refractivity contribution >= 4 is 0 Å². The van der Waals surface area contributed by atoms with Gasteiger partial charge in [0, 0.05) is 6.54 Å². The SMILES string of the molecule is CNCC(c1ccc(C)o1)C(F)(F)F. The quantitative estimate of drug-likeness (QED) is 0.823. The van der Waals surface area contributed by atoms with Crippen LogP contribution in [0.2, 0.25) is 0 Å². The first-order valence-electron chi connectivity index (χ1n) is 4.23. The number of halogens is 3. The summed E-state index contributed by atoms with van der Waals surface area (Å²) in [6.45, 7) is 1.45. The first-order valence-corrected chi connectivity index (χ1v) is 4.23. The molecule has 0 fully saturated rings. The molecule has 0 spiro atoms. The van der Waals surface area contributed by atoms with Gasteiger partial charge in [-0.1, -0.05) is 0 Å². The van der Waals surface area contributed by atoms with Crippen LogP contribution < -0.4 is 5.32 Å². The molecule has 0 aliphatic rings. The van der Waals surface area contributed by atoms with Gasteiger partial charge in [-0.25, -0.2) is 0 Å². The number of furan rings is 1. The highest BCUT2D eigenvalue weighted by Crippen LogP contribution is 2.34. The van der Waals surface area contributed by atoms with Crippen LogP contribution in [0.1, 0.15) is 17.4 Å². The van der Waals surface area contributed by atoms with Gasteiger partial charge in [-0.2, -0.15) is 13.2 Å². The number of alkyl halides is 3. The highest BCUT2D eigenvalue weighted by atomic mass is 19.4. The average molecular weight is 207 g/mol. The molecule has 0 aromatic carbocycles. The molecule has 0 saturated heterocycles. The van der Waals surface area contributed by atoms with Gasteiger partial charge in [0.1, 0.15) is 17.4 Å². The molecular weight excluding hydrogens is 195 g/mol. The van der Waals surface area contributed by atoms with Crippen molar-refractivity contribution in [2.24, 2.45) is 0 Å². The maximum Gasteiger partial charge on any atom is 0.399 e. The summed E-state index contributed by atoms with van der Waals surface area (Å²) >= 11 is 0. The Morgan fingerprint density at radius 3 is 2.43 bits per heavy atom. The zero-order chi connectivity index (χ0) is 10.8. The Morgan fingerprint density at radius 1 is 1.43 bits per heavy atom. The van der Waals surface area contributed by atoms with Crippen molar-refractivity contribution in [1.29, 1.82) is 0 Å². The summed E-state index contributed by atoms with van der Waals surface area (Å²) < 4.78 is 42.5. The van der Waals surface area contributed by atoms with E-state index in [1.54, 1.807) is 6.92 Å². The Morgan fingerprint density at radius 2 is 2.07 bits per heavy atom. The van der Waals surface area contributed by atoms with Gasteiger partial charge in [0.25, 0.3) is 0 Å². The number of nitrogens with one attached hydrogen (secondary N) is 1. The van der Waals surface area contributed by atoms with E-state index in [9.17, 15) is 13.2 Å².